The molecule has 1 nitrogen and oxygen atoms in total. The molecule has 0 aliphatic heterocycles. The Bertz CT molecular complexity index is 8.00. The average molecular weight is 404 g/mol. The molecule has 0 heterocycles. The molecule has 0 aromatic heterocycles. The summed E-state index contributed by atoms with van der Waals surface area (Å²) in [5, 5.41) is 0. The molecule has 4 heavy (non-hydrogen) atoms. The Morgan fingerprint density at radius 2 is 1.00 bits per heavy atom. The number of hydrogen-bond donors (Lipinski definition) is 0. The first-order valence-electron chi connectivity index (χ1n) is 0. The Morgan fingerprint density at radius 1 is 1.00 bits per heavy atom. The molecule has 2 N–H and O–H groups in total. The van der Waals surface area contributed by atoms with Crippen LogP contribution in [0.5, 0.6) is 0 Å². The van der Waals surface area contributed by atoms with Crippen LogP contribution in [0.3, 0.4) is 0 Å². The van der Waals surface area contributed by atoms with E-state index in [1.807, 2.05) is 0 Å². The van der Waals surface area contributed by atoms with Crippen molar-refractivity contribution in [1.82, 2.24) is 0 Å². The number of rotatable bonds is 0. The van der Waals surface area contributed by atoms with Gasteiger partial charge in [0.25, 0.3) is 0 Å². The predicted molar refractivity (Wildman–Crippen MR) is 15.1 cm³/mol. The van der Waals surface area contributed by atoms with E-state index in [-0.39, 0.29) is 75.0 Å². The molecule has 0 aliphatic rings. The van der Waals surface area contributed by atoms with Gasteiger partial charge in [0, 0.05) is 69.5 Å². The average Bonchev–Trinajstić information content (AvgIpc) is 0. The van der Waals surface area contributed by atoms with Crippen molar-refractivity contribution in [3.63, 3.8) is 0 Å². The van der Waals surface area contributed by atoms with Gasteiger partial charge < -0.3 is 5.48 Å². The van der Waals surface area contributed by atoms with Gasteiger partial charge in [-0.05, 0) is 0 Å². The molecular formula is H2OPbTeV. The van der Waals surface area contributed by atoms with Crippen molar-refractivity contribution >= 4 is 51.0 Å². The van der Waals surface area contributed by atoms with E-state index in [2.05, 4.69) is 0 Å². The summed E-state index contributed by atoms with van der Waals surface area (Å²) in [4.78, 5) is 0. The molecule has 0 amide bonds. The van der Waals surface area contributed by atoms with Crippen molar-refractivity contribution in [1.29, 1.82) is 0 Å². The third kappa shape index (κ3) is 8.87. The van der Waals surface area contributed by atoms with Gasteiger partial charge in [0.1, 0.15) is 0 Å². The maximum absolute atomic E-state index is 0. The van der Waals surface area contributed by atoms with E-state index in [0.29, 0.717) is 0 Å². The van der Waals surface area contributed by atoms with Gasteiger partial charge in [-0.1, -0.05) is 0 Å². The largest absolute Gasteiger partial charge is 0.412 e. The van der Waals surface area contributed by atoms with Crippen LogP contribution in [-0.2, 0) is 18.6 Å². The Hall–Kier alpha value is 2.26. The van der Waals surface area contributed by atoms with Crippen molar-refractivity contribution in [3.05, 3.63) is 0 Å². The minimum atomic E-state index is 0. The minimum absolute atomic E-state index is 0. The van der Waals surface area contributed by atoms with Gasteiger partial charge in [0.2, 0.25) is 0 Å². The molecular weight excluding hydrogens is 402 g/mol. The smallest absolute Gasteiger partial charge is 0 e. The van der Waals surface area contributed by atoms with E-state index in [1.165, 1.54) is 0 Å². The monoisotopic (exact) mass is 407 g/mol. The van der Waals surface area contributed by atoms with E-state index in [1.54, 1.807) is 0 Å². The quantitative estimate of drug-likeness (QED) is 0.437. The van der Waals surface area contributed by atoms with Crippen LogP contribution in [0.4, 0.5) is 0 Å². The standard InChI is InChI=1S/H2O.Pb.Te.V/h1H2;;;. The molecule has 4 heteroatoms. The van der Waals surface area contributed by atoms with Crippen LogP contribution < -0.4 is 0 Å². The first-order chi connectivity index (χ1) is 0. The second kappa shape index (κ2) is 18.7. The van der Waals surface area contributed by atoms with Gasteiger partial charge in [-0.15, -0.1) is 0 Å². The molecule has 0 saturated carbocycles. The summed E-state index contributed by atoms with van der Waals surface area (Å²) in [6.45, 7) is 0. The summed E-state index contributed by atoms with van der Waals surface area (Å²) in [6.07, 6.45) is 0. The Morgan fingerprint density at radius 3 is 1.00 bits per heavy atom. The minimum Gasteiger partial charge on any atom is -0.412 e. The number of hydrogen-bond acceptors (Lipinski definition) is 0. The SMILES string of the molecule is O.[Pb].[Te].[V]. The second-order valence-electron chi connectivity index (χ2n) is 0. The molecule has 0 saturated heterocycles. The maximum Gasteiger partial charge on any atom is 0 e. The summed E-state index contributed by atoms with van der Waals surface area (Å²) in [5.74, 6) is 0. The fraction of sp³-hybridized carbons (Fsp3) is 0. The van der Waals surface area contributed by atoms with Crippen LogP contribution in [0, 0.1) is 0 Å². The van der Waals surface area contributed by atoms with Gasteiger partial charge >= 0.3 is 0 Å². The predicted octanol–water partition coefficient (Wildman–Crippen LogP) is -1.59. The van der Waals surface area contributed by atoms with Crippen molar-refractivity contribution in [2.45, 2.75) is 0 Å². The van der Waals surface area contributed by atoms with Crippen molar-refractivity contribution in [2.24, 2.45) is 0 Å². The fourth-order valence-corrected chi connectivity index (χ4v) is 0. The molecule has 0 spiro atoms. The molecule has 0 unspecified atom stereocenters. The van der Waals surface area contributed by atoms with Crippen molar-refractivity contribution in [2.75, 3.05) is 0 Å². The van der Waals surface area contributed by atoms with Crippen LogP contribution in [-0.4, -0.2) is 56.4 Å². The van der Waals surface area contributed by atoms with Gasteiger partial charge in [0.05, 0.1) is 0 Å². The van der Waals surface area contributed by atoms with Crippen LogP contribution in [0.1, 0.15) is 0 Å². The zero-order chi connectivity index (χ0) is 0. The summed E-state index contributed by atoms with van der Waals surface area (Å²) in [7, 11) is 0. The molecule has 0 fully saturated rings. The molecule has 0 bridgehead atoms. The zero-order valence-corrected chi connectivity index (χ0v) is 9.47. The summed E-state index contributed by atoms with van der Waals surface area (Å²) >= 11 is 0. The third-order valence-corrected chi connectivity index (χ3v) is 0. The van der Waals surface area contributed by atoms with E-state index < -0.39 is 0 Å². The first-order valence-corrected chi connectivity index (χ1v) is 0. The van der Waals surface area contributed by atoms with Crippen LogP contribution in [0.15, 0.2) is 0 Å². The van der Waals surface area contributed by atoms with Gasteiger partial charge in [-0.25, -0.2) is 0 Å². The second-order valence-corrected chi connectivity index (χ2v) is 0. The topological polar surface area (TPSA) is 31.5 Å². The molecule has 0 rings (SSSR count). The molecule has 7 radical (unpaired) electrons. The summed E-state index contributed by atoms with van der Waals surface area (Å²) in [5.41, 5.74) is 0. The fourth-order valence-electron chi connectivity index (χ4n) is 0. The normalized spacial score (nSPS) is 0. The third-order valence-electron chi connectivity index (χ3n) is 0. The van der Waals surface area contributed by atoms with Crippen molar-refractivity contribution < 1.29 is 24.0 Å². The summed E-state index contributed by atoms with van der Waals surface area (Å²) < 4.78 is 0. The maximum atomic E-state index is 0. The van der Waals surface area contributed by atoms with E-state index in [0.717, 1.165) is 0 Å². The Labute approximate surface area is 74.0 Å². The Balaban J connectivity index is 0. The Kier molecular flexibility index (Phi) is 159. The zero-order valence-electron chi connectivity index (χ0n) is 1.86. The molecule has 0 aromatic carbocycles. The van der Waals surface area contributed by atoms with E-state index >= 15 is 0 Å². The van der Waals surface area contributed by atoms with E-state index in [4.69, 9.17) is 0 Å². The first kappa shape index (κ1) is 34.0. The van der Waals surface area contributed by atoms with Crippen molar-refractivity contribution in [3.8, 4) is 0 Å². The molecule has 0 aliphatic carbocycles. The molecule has 0 aromatic rings. The van der Waals surface area contributed by atoms with Gasteiger partial charge in [-0.2, -0.15) is 0 Å². The molecule has 0 atom stereocenters. The van der Waals surface area contributed by atoms with E-state index in [9.17, 15) is 0 Å². The van der Waals surface area contributed by atoms with Gasteiger partial charge in [0.15, 0.2) is 0 Å². The molecule has 23 valence electrons. The van der Waals surface area contributed by atoms with Crippen LogP contribution in [0.2, 0.25) is 0 Å². The summed E-state index contributed by atoms with van der Waals surface area (Å²) in [6, 6.07) is 0. The van der Waals surface area contributed by atoms with Crippen LogP contribution in [0.25, 0.3) is 0 Å². The van der Waals surface area contributed by atoms with Crippen LogP contribution >= 0.6 is 0 Å². The van der Waals surface area contributed by atoms with Gasteiger partial charge in [-0.3, -0.25) is 0 Å².